The summed E-state index contributed by atoms with van der Waals surface area (Å²) in [5.74, 6) is 0.330. The van der Waals surface area contributed by atoms with E-state index < -0.39 is 0 Å². The number of carbonyl (C=O) groups is 1. The zero-order valence-electron chi connectivity index (χ0n) is 16.5. The maximum atomic E-state index is 13.4. The van der Waals surface area contributed by atoms with Gasteiger partial charge in [-0.15, -0.1) is 0 Å². The van der Waals surface area contributed by atoms with Crippen molar-refractivity contribution in [1.29, 1.82) is 0 Å². The second-order valence-corrected chi connectivity index (χ2v) is 8.05. The highest BCUT2D eigenvalue weighted by Gasteiger charge is 2.26. The first-order chi connectivity index (χ1) is 14.1. The van der Waals surface area contributed by atoms with Crippen LogP contribution >= 0.6 is 0 Å². The quantitative estimate of drug-likeness (QED) is 0.784. The molecule has 2 aromatic rings. The molecule has 1 unspecified atom stereocenters. The van der Waals surface area contributed by atoms with E-state index in [0.29, 0.717) is 18.1 Å². The number of rotatable bonds is 6. The molecule has 7 heteroatoms. The van der Waals surface area contributed by atoms with E-state index in [0.717, 1.165) is 57.2 Å². The third-order valence-electron chi connectivity index (χ3n) is 5.92. The number of aromatic amines is 1. The molecular formula is C22H27FN4O2. The second kappa shape index (κ2) is 8.76. The monoisotopic (exact) mass is 398 g/mol. The van der Waals surface area contributed by atoms with Gasteiger partial charge in [-0.05, 0) is 43.4 Å². The van der Waals surface area contributed by atoms with E-state index >= 15 is 0 Å². The molecule has 2 fully saturated rings. The lowest BCUT2D eigenvalue weighted by molar-refractivity contribution is -0.125. The molecule has 1 aliphatic carbocycles. The lowest BCUT2D eigenvalue weighted by atomic mass is 9.99. The van der Waals surface area contributed by atoms with Gasteiger partial charge in [-0.1, -0.05) is 25.0 Å². The van der Waals surface area contributed by atoms with Crippen LogP contribution in [-0.4, -0.2) is 29.0 Å². The lowest BCUT2D eigenvalue weighted by Crippen LogP contribution is -2.34. The van der Waals surface area contributed by atoms with Crippen LogP contribution in [0.4, 0.5) is 10.3 Å². The average molecular weight is 398 g/mol. The Kier molecular flexibility index (Phi) is 5.92. The number of H-pyrrole nitrogens is 1. The van der Waals surface area contributed by atoms with E-state index in [1.54, 1.807) is 12.1 Å². The predicted octanol–water partition coefficient (Wildman–Crippen LogP) is 3.10. The molecule has 1 aliphatic heterocycles. The maximum absolute atomic E-state index is 13.4. The van der Waals surface area contributed by atoms with E-state index in [-0.39, 0.29) is 29.2 Å². The number of nitrogens with one attached hydrogen (secondary N) is 2. The number of amides is 1. The molecular weight excluding hydrogens is 371 g/mol. The van der Waals surface area contributed by atoms with Gasteiger partial charge >= 0.3 is 0 Å². The molecule has 0 radical (unpaired) electrons. The van der Waals surface area contributed by atoms with Gasteiger partial charge in [0.15, 0.2) is 0 Å². The maximum Gasteiger partial charge on any atom is 0.252 e. The highest BCUT2D eigenvalue weighted by atomic mass is 19.1. The Morgan fingerprint density at radius 2 is 1.86 bits per heavy atom. The molecule has 1 aromatic carbocycles. The van der Waals surface area contributed by atoms with E-state index in [2.05, 4.69) is 20.2 Å². The molecule has 1 atom stereocenters. The minimum Gasteiger partial charge on any atom is -0.349 e. The molecule has 1 aromatic heterocycles. The summed E-state index contributed by atoms with van der Waals surface area (Å²) in [6.07, 6.45) is 6.53. The zero-order valence-corrected chi connectivity index (χ0v) is 16.5. The average Bonchev–Trinajstić information content (AvgIpc) is 3.42. The van der Waals surface area contributed by atoms with Gasteiger partial charge in [0.25, 0.3) is 5.56 Å². The summed E-state index contributed by atoms with van der Waals surface area (Å²) in [5.41, 5.74) is 1.23. The topological polar surface area (TPSA) is 78.1 Å². The van der Waals surface area contributed by atoms with Crippen LogP contribution in [0, 0.1) is 11.7 Å². The summed E-state index contributed by atoms with van der Waals surface area (Å²) >= 11 is 0. The standard InChI is InChI=1S/C22H27FN4O2/c23-17-9-7-15(8-10-17)19(25-21(29)16-5-1-2-6-16)13-18-14-20(28)26-22(24-18)27-11-3-4-12-27/h7-10,14,16,19H,1-6,11-13H2,(H,25,29)(H,24,26,28). The van der Waals surface area contributed by atoms with E-state index in [9.17, 15) is 14.0 Å². The molecule has 4 rings (SSSR count). The third-order valence-corrected chi connectivity index (χ3v) is 5.92. The zero-order chi connectivity index (χ0) is 20.2. The SMILES string of the molecule is O=C(NC(Cc1cc(=O)[nH]c(N2CCCC2)n1)c1ccc(F)cc1)C1CCCC1. The van der Waals surface area contributed by atoms with Crippen molar-refractivity contribution in [2.45, 2.75) is 51.0 Å². The number of hydrogen-bond donors (Lipinski definition) is 2. The third kappa shape index (κ3) is 4.83. The Morgan fingerprint density at radius 3 is 2.55 bits per heavy atom. The lowest BCUT2D eigenvalue weighted by Gasteiger charge is -2.22. The van der Waals surface area contributed by atoms with Gasteiger partial charge in [-0.25, -0.2) is 9.37 Å². The highest BCUT2D eigenvalue weighted by Crippen LogP contribution is 2.27. The van der Waals surface area contributed by atoms with Crippen LogP contribution in [0.3, 0.4) is 0 Å². The van der Waals surface area contributed by atoms with E-state index in [1.165, 1.54) is 18.2 Å². The molecule has 1 saturated carbocycles. The van der Waals surface area contributed by atoms with E-state index in [4.69, 9.17) is 0 Å². The Balaban J connectivity index is 1.58. The first-order valence-electron chi connectivity index (χ1n) is 10.5. The predicted molar refractivity (Wildman–Crippen MR) is 109 cm³/mol. The number of benzene rings is 1. The van der Waals surface area contributed by atoms with Crippen molar-refractivity contribution in [3.8, 4) is 0 Å². The van der Waals surface area contributed by atoms with Crippen molar-refractivity contribution in [2.75, 3.05) is 18.0 Å². The fourth-order valence-electron chi connectivity index (χ4n) is 4.31. The van der Waals surface area contributed by atoms with Crippen LogP contribution in [0.15, 0.2) is 35.1 Å². The van der Waals surface area contributed by atoms with Crippen LogP contribution < -0.4 is 15.8 Å². The summed E-state index contributed by atoms with van der Waals surface area (Å²) < 4.78 is 13.4. The largest absolute Gasteiger partial charge is 0.349 e. The number of hydrogen-bond acceptors (Lipinski definition) is 4. The molecule has 2 aliphatic rings. The van der Waals surface area contributed by atoms with Gasteiger partial charge < -0.3 is 10.2 Å². The van der Waals surface area contributed by atoms with Gasteiger partial charge in [0.05, 0.1) is 11.7 Å². The van der Waals surface area contributed by atoms with Crippen molar-refractivity contribution >= 4 is 11.9 Å². The van der Waals surface area contributed by atoms with Crippen LogP contribution in [-0.2, 0) is 11.2 Å². The molecule has 1 saturated heterocycles. The van der Waals surface area contributed by atoms with Gasteiger partial charge in [0.2, 0.25) is 11.9 Å². The number of nitrogens with zero attached hydrogens (tertiary/aromatic N) is 2. The number of halogens is 1. The van der Waals surface area contributed by atoms with Crippen LogP contribution in [0.1, 0.15) is 55.8 Å². The Labute approximate surface area is 169 Å². The molecule has 6 nitrogen and oxygen atoms in total. The van der Waals surface area contributed by atoms with Crippen LogP contribution in [0.5, 0.6) is 0 Å². The van der Waals surface area contributed by atoms with Gasteiger partial charge in [0, 0.05) is 31.5 Å². The Hall–Kier alpha value is -2.70. The summed E-state index contributed by atoms with van der Waals surface area (Å²) in [7, 11) is 0. The number of aromatic nitrogens is 2. The molecule has 0 spiro atoms. The summed E-state index contributed by atoms with van der Waals surface area (Å²) in [4.78, 5) is 34.5. The normalized spacial score (nSPS) is 18.2. The summed E-state index contributed by atoms with van der Waals surface area (Å²) in [6, 6.07) is 7.28. The van der Waals surface area contributed by atoms with Crippen molar-refractivity contribution in [1.82, 2.24) is 15.3 Å². The molecule has 0 bridgehead atoms. The number of anilines is 1. The van der Waals surface area contributed by atoms with Crippen molar-refractivity contribution in [2.24, 2.45) is 5.92 Å². The fourth-order valence-corrected chi connectivity index (χ4v) is 4.31. The van der Waals surface area contributed by atoms with Crippen molar-refractivity contribution < 1.29 is 9.18 Å². The second-order valence-electron chi connectivity index (χ2n) is 8.05. The summed E-state index contributed by atoms with van der Waals surface area (Å²) in [6.45, 7) is 1.76. The van der Waals surface area contributed by atoms with E-state index in [1.807, 2.05) is 0 Å². The Bertz CT molecular complexity index is 900. The van der Waals surface area contributed by atoms with Gasteiger partial charge in [-0.2, -0.15) is 0 Å². The van der Waals surface area contributed by atoms with Crippen LogP contribution in [0.2, 0.25) is 0 Å². The first-order valence-corrected chi connectivity index (χ1v) is 10.5. The minimum atomic E-state index is -0.357. The Morgan fingerprint density at radius 1 is 1.17 bits per heavy atom. The first kappa shape index (κ1) is 19.6. The smallest absolute Gasteiger partial charge is 0.252 e. The molecule has 2 heterocycles. The van der Waals surface area contributed by atoms with Crippen molar-refractivity contribution in [3.05, 3.63) is 57.8 Å². The minimum absolute atomic E-state index is 0.0291. The molecule has 1 amide bonds. The summed E-state index contributed by atoms with van der Waals surface area (Å²) in [5, 5.41) is 3.12. The van der Waals surface area contributed by atoms with Crippen molar-refractivity contribution in [3.63, 3.8) is 0 Å². The molecule has 2 N–H and O–H groups in total. The molecule has 29 heavy (non-hydrogen) atoms. The number of carbonyl (C=O) groups excluding carboxylic acids is 1. The van der Waals surface area contributed by atoms with Gasteiger partial charge in [0.1, 0.15) is 5.82 Å². The van der Waals surface area contributed by atoms with Gasteiger partial charge in [-0.3, -0.25) is 14.6 Å². The fraction of sp³-hybridized carbons (Fsp3) is 0.500. The van der Waals surface area contributed by atoms with Crippen LogP contribution in [0.25, 0.3) is 0 Å². The molecule has 154 valence electrons. The highest BCUT2D eigenvalue weighted by molar-refractivity contribution is 5.79.